The molecule has 1 amide bonds. The number of nitro benzene ring substituents is 1. The standard InChI is InChI=1S/C21H27N3O3/c1-13(2)16-8-7-9-17(14(3)4)20(16)22-21(25)15-10-11-18(23(5)6)19(12-15)24(26)27/h7-14H,1-6H3,(H,22,25). The molecule has 0 saturated heterocycles. The van der Waals surface area contributed by atoms with Crippen LogP contribution in [0.2, 0.25) is 0 Å². The fourth-order valence-corrected chi connectivity index (χ4v) is 3.07. The SMILES string of the molecule is CC(C)c1cccc(C(C)C)c1NC(=O)c1ccc(N(C)C)c([N+](=O)[O-])c1. The van der Waals surface area contributed by atoms with Crippen molar-refractivity contribution < 1.29 is 9.72 Å². The van der Waals surface area contributed by atoms with E-state index in [-0.39, 0.29) is 29.0 Å². The number of hydrogen-bond donors (Lipinski definition) is 1. The van der Waals surface area contributed by atoms with Crippen molar-refractivity contribution in [2.45, 2.75) is 39.5 Å². The second-order valence-electron chi connectivity index (χ2n) is 7.43. The van der Waals surface area contributed by atoms with E-state index < -0.39 is 4.92 Å². The molecule has 0 heterocycles. The molecule has 0 atom stereocenters. The number of nitrogens with one attached hydrogen (secondary N) is 1. The van der Waals surface area contributed by atoms with Crippen molar-refractivity contribution in [3.63, 3.8) is 0 Å². The smallest absolute Gasteiger partial charge is 0.293 e. The molecule has 0 aliphatic rings. The first-order chi connectivity index (χ1) is 12.6. The fraction of sp³-hybridized carbons (Fsp3) is 0.381. The van der Waals surface area contributed by atoms with Crippen LogP contribution in [0.5, 0.6) is 0 Å². The Bertz CT molecular complexity index is 831. The van der Waals surface area contributed by atoms with Gasteiger partial charge in [-0.05, 0) is 35.1 Å². The maximum Gasteiger partial charge on any atom is 0.293 e. The van der Waals surface area contributed by atoms with Gasteiger partial charge in [0.25, 0.3) is 11.6 Å². The molecule has 144 valence electrons. The predicted octanol–water partition coefficient (Wildman–Crippen LogP) is 5.16. The first kappa shape index (κ1) is 20.4. The number of benzene rings is 2. The lowest BCUT2D eigenvalue weighted by Gasteiger charge is -2.20. The molecular formula is C21H27N3O3. The van der Waals surface area contributed by atoms with Crippen molar-refractivity contribution in [1.29, 1.82) is 0 Å². The quantitative estimate of drug-likeness (QED) is 0.564. The number of amides is 1. The molecule has 0 fully saturated rings. The van der Waals surface area contributed by atoms with E-state index in [4.69, 9.17) is 0 Å². The van der Waals surface area contributed by atoms with Crippen LogP contribution in [0.4, 0.5) is 17.1 Å². The Morgan fingerprint density at radius 2 is 1.59 bits per heavy atom. The van der Waals surface area contributed by atoms with Crippen molar-refractivity contribution in [3.8, 4) is 0 Å². The summed E-state index contributed by atoms with van der Waals surface area (Å²) in [5.41, 5.74) is 3.53. The van der Waals surface area contributed by atoms with Crippen molar-refractivity contribution in [2.24, 2.45) is 0 Å². The van der Waals surface area contributed by atoms with Crippen LogP contribution in [0, 0.1) is 10.1 Å². The third kappa shape index (κ3) is 4.45. The largest absolute Gasteiger partial charge is 0.372 e. The van der Waals surface area contributed by atoms with E-state index in [1.807, 2.05) is 18.2 Å². The Morgan fingerprint density at radius 1 is 1.04 bits per heavy atom. The van der Waals surface area contributed by atoms with Crippen LogP contribution in [0.1, 0.15) is 61.0 Å². The minimum atomic E-state index is -0.465. The molecule has 0 saturated carbocycles. The zero-order valence-electron chi connectivity index (χ0n) is 16.7. The lowest BCUT2D eigenvalue weighted by Crippen LogP contribution is -2.17. The third-order valence-corrected chi connectivity index (χ3v) is 4.53. The molecule has 6 nitrogen and oxygen atoms in total. The highest BCUT2D eigenvalue weighted by molar-refractivity contribution is 6.06. The van der Waals surface area contributed by atoms with Gasteiger partial charge in [0.05, 0.1) is 4.92 Å². The van der Waals surface area contributed by atoms with Crippen LogP contribution in [0.15, 0.2) is 36.4 Å². The summed E-state index contributed by atoms with van der Waals surface area (Å²) in [4.78, 5) is 25.5. The van der Waals surface area contributed by atoms with Gasteiger partial charge < -0.3 is 10.2 Å². The normalized spacial score (nSPS) is 11.0. The molecule has 0 aliphatic carbocycles. The van der Waals surface area contributed by atoms with Gasteiger partial charge in [-0.15, -0.1) is 0 Å². The zero-order chi connectivity index (χ0) is 20.3. The number of hydrogen-bond acceptors (Lipinski definition) is 4. The highest BCUT2D eigenvalue weighted by atomic mass is 16.6. The molecule has 0 bridgehead atoms. The second kappa shape index (κ2) is 8.20. The number of para-hydroxylation sites is 1. The summed E-state index contributed by atoms with van der Waals surface area (Å²) < 4.78 is 0. The van der Waals surface area contributed by atoms with Crippen LogP contribution in [0.25, 0.3) is 0 Å². The Hall–Kier alpha value is -2.89. The monoisotopic (exact) mass is 369 g/mol. The summed E-state index contributed by atoms with van der Waals surface area (Å²) in [6.07, 6.45) is 0. The average molecular weight is 369 g/mol. The average Bonchev–Trinajstić information content (AvgIpc) is 2.60. The number of anilines is 2. The molecule has 1 N–H and O–H groups in total. The summed E-state index contributed by atoms with van der Waals surface area (Å²) in [5.74, 6) is 0.132. The lowest BCUT2D eigenvalue weighted by molar-refractivity contribution is -0.384. The van der Waals surface area contributed by atoms with Crippen LogP contribution in [0.3, 0.4) is 0 Å². The maximum absolute atomic E-state index is 12.9. The maximum atomic E-state index is 12.9. The number of carbonyl (C=O) groups is 1. The Balaban J connectivity index is 2.47. The molecule has 2 aromatic carbocycles. The third-order valence-electron chi connectivity index (χ3n) is 4.53. The van der Waals surface area contributed by atoms with Gasteiger partial charge in [-0.3, -0.25) is 14.9 Å². The van der Waals surface area contributed by atoms with Gasteiger partial charge in [-0.25, -0.2) is 0 Å². The summed E-state index contributed by atoms with van der Waals surface area (Å²) in [6.45, 7) is 8.30. The lowest BCUT2D eigenvalue weighted by atomic mass is 9.92. The van der Waals surface area contributed by atoms with Crippen LogP contribution < -0.4 is 10.2 Å². The summed E-state index contributed by atoms with van der Waals surface area (Å²) in [6, 6.07) is 10.6. The Morgan fingerprint density at radius 3 is 2.04 bits per heavy atom. The van der Waals surface area contributed by atoms with Gasteiger partial charge in [0.1, 0.15) is 5.69 Å². The number of rotatable bonds is 6. The van der Waals surface area contributed by atoms with E-state index in [1.165, 1.54) is 6.07 Å². The van der Waals surface area contributed by atoms with Crippen LogP contribution >= 0.6 is 0 Å². The summed E-state index contributed by atoms with van der Waals surface area (Å²) >= 11 is 0. The molecule has 27 heavy (non-hydrogen) atoms. The molecule has 0 aliphatic heterocycles. The van der Waals surface area contributed by atoms with Crippen LogP contribution in [-0.4, -0.2) is 24.9 Å². The van der Waals surface area contributed by atoms with Gasteiger partial charge in [0.2, 0.25) is 0 Å². The molecule has 0 aromatic heterocycles. The first-order valence-corrected chi connectivity index (χ1v) is 9.03. The molecule has 0 unspecified atom stereocenters. The van der Waals surface area contributed by atoms with Gasteiger partial charge >= 0.3 is 0 Å². The second-order valence-corrected chi connectivity index (χ2v) is 7.43. The highest BCUT2D eigenvalue weighted by Crippen LogP contribution is 2.33. The van der Waals surface area contributed by atoms with Crippen molar-refractivity contribution in [1.82, 2.24) is 0 Å². The van der Waals surface area contributed by atoms with Gasteiger partial charge in [0, 0.05) is 31.4 Å². The molecule has 6 heteroatoms. The van der Waals surface area contributed by atoms with Gasteiger partial charge in [-0.2, -0.15) is 0 Å². The van der Waals surface area contributed by atoms with Crippen LogP contribution in [-0.2, 0) is 0 Å². The van der Waals surface area contributed by atoms with E-state index in [2.05, 4.69) is 33.0 Å². The van der Waals surface area contributed by atoms with E-state index in [9.17, 15) is 14.9 Å². The zero-order valence-corrected chi connectivity index (χ0v) is 16.7. The van der Waals surface area contributed by atoms with Gasteiger partial charge in [-0.1, -0.05) is 45.9 Å². The van der Waals surface area contributed by atoms with Crippen molar-refractivity contribution >= 4 is 23.0 Å². The molecule has 2 aromatic rings. The number of nitrogens with zero attached hydrogens (tertiary/aromatic N) is 2. The van der Waals surface area contributed by atoms with E-state index >= 15 is 0 Å². The minimum absolute atomic E-state index is 0.0890. The Labute approximate surface area is 160 Å². The minimum Gasteiger partial charge on any atom is -0.372 e. The first-order valence-electron chi connectivity index (χ1n) is 9.03. The van der Waals surface area contributed by atoms with E-state index in [0.29, 0.717) is 5.69 Å². The van der Waals surface area contributed by atoms with Gasteiger partial charge in [0.15, 0.2) is 0 Å². The van der Waals surface area contributed by atoms with Crippen molar-refractivity contribution in [2.75, 3.05) is 24.3 Å². The molecule has 0 spiro atoms. The fourth-order valence-electron chi connectivity index (χ4n) is 3.07. The van der Waals surface area contributed by atoms with Crippen molar-refractivity contribution in [3.05, 3.63) is 63.2 Å². The topological polar surface area (TPSA) is 75.5 Å². The number of carbonyl (C=O) groups excluding carboxylic acids is 1. The summed E-state index contributed by atoms with van der Waals surface area (Å²) in [5, 5.41) is 14.4. The van der Waals surface area contributed by atoms with E-state index in [1.54, 1.807) is 31.1 Å². The predicted molar refractivity (Wildman–Crippen MR) is 110 cm³/mol. The molecule has 2 rings (SSSR count). The summed E-state index contributed by atoms with van der Waals surface area (Å²) in [7, 11) is 3.46. The highest BCUT2D eigenvalue weighted by Gasteiger charge is 2.21. The Kier molecular flexibility index (Phi) is 6.20. The molecular weight excluding hydrogens is 342 g/mol. The number of nitro groups is 1. The van der Waals surface area contributed by atoms with E-state index in [0.717, 1.165) is 16.8 Å². The molecule has 0 radical (unpaired) electrons.